The minimum Gasteiger partial charge on any atom is -0.493 e. The first kappa shape index (κ1) is 18.9. The van der Waals surface area contributed by atoms with E-state index in [0.29, 0.717) is 16.1 Å². The summed E-state index contributed by atoms with van der Waals surface area (Å²) in [5.74, 6) is -2.46. The molecule has 140 valence electrons. The van der Waals surface area contributed by atoms with E-state index in [2.05, 4.69) is 4.99 Å². The molecule has 2 aromatic rings. The molecule has 0 fully saturated rings. The number of benzene rings is 1. The van der Waals surface area contributed by atoms with Crippen LogP contribution in [0.3, 0.4) is 0 Å². The van der Waals surface area contributed by atoms with Crippen molar-refractivity contribution in [2.24, 2.45) is 4.99 Å². The van der Waals surface area contributed by atoms with Gasteiger partial charge in [0.1, 0.15) is 5.82 Å². The van der Waals surface area contributed by atoms with Gasteiger partial charge in [0.25, 0.3) is 0 Å². The number of rotatable bonds is 5. The molecule has 0 saturated heterocycles. The third-order valence-electron chi connectivity index (χ3n) is 3.83. The maximum absolute atomic E-state index is 13.7. The fourth-order valence-corrected chi connectivity index (χ4v) is 3.87. The minimum atomic E-state index is -1.03. The van der Waals surface area contributed by atoms with Gasteiger partial charge in [-0.25, -0.2) is 14.2 Å². The Morgan fingerprint density at radius 3 is 2.85 bits per heavy atom. The Morgan fingerprint density at radius 2 is 2.19 bits per heavy atom. The van der Waals surface area contributed by atoms with Crippen molar-refractivity contribution >= 4 is 58.5 Å². The smallest absolute Gasteiger partial charge is 0.357 e. The second-order valence-corrected chi connectivity index (χ2v) is 7.20. The molecule has 1 aromatic carbocycles. The third kappa shape index (κ3) is 3.67. The van der Waals surface area contributed by atoms with E-state index in [0.717, 1.165) is 11.3 Å². The summed E-state index contributed by atoms with van der Waals surface area (Å²) in [6.07, 6.45) is 1.26. The third-order valence-corrected chi connectivity index (χ3v) is 5.22. The quantitative estimate of drug-likeness (QED) is 0.581. The number of hydrogen-bond donors (Lipinski definition) is 2. The molecular weight excluding hydrogens is 395 g/mol. The van der Waals surface area contributed by atoms with E-state index in [1.807, 2.05) is 0 Å². The molecule has 0 spiro atoms. The van der Waals surface area contributed by atoms with E-state index in [4.69, 9.17) is 22.1 Å². The summed E-state index contributed by atoms with van der Waals surface area (Å²) in [7, 11) is 1.20. The molecule has 0 radical (unpaired) electrons. The Kier molecular flexibility index (Phi) is 5.19. The maximum atomic E-state index is 13.7. The lowest BCUT2D eigenvalue weighted by Crippen LogP contribution is -2.14. The Bertz CT molecular complexity index is 1070. The maximum Gasteiger partial charge on any atom is 0.357 e. The van der Waals surface area contributed by atoms with Crippen LogP contribution in [0.1, 0.15) is 16.9 Å². The van der Waals surface area contributed by atoms with Crippen molar-refractivity contribution in [1.29, 1.82) is 0 Å². The van der Waals surface area contributed by atoms with E-state index in [1.165, 1.54) is 36.0 Å². The van der Waals surface area contributed by atoms with Gasteiger partial charge in [0.05, 0.1) is 24.1 Å². The lowest BCUT2D eigenvalue weighted by atomic mass is 10.0. The van der Waals surface area contributed by atoms with Crippen molar-refractivity contribution in [1.82, 2.24) is 4.57 Å². The Hall–Kier alpha value is -2.85. The normalized spacial score (nSPS) is 14.1. The van der Waals surface area contributed by atoms with Crippen LogP contribution in [0.15, 0.2) is 23.2 Å². The number of fused-ring (bicyclic) bond motifs is 1. The molecule has 10 heteroatoms. The molecule has 1 aliphatic rings. The highest BCUT2D eigenvalue weighted by molar-refractivity contribution is 7.73. The molecule has 0 unspecified atom stereocenters. The van der Waals surface area contributed by atoms with E-state index >= 15 is 0 Å². The van der Waals surface area contributed by atoms with Gasteiger partial charge in [-0.3, -0.25) is 9.36 Å². The van der Waals surface area contributed by atoms with E-state index in [1.54, 1.807) is 0 Å². The molecule has 2 N–H and O–H groups in total. The van der Waals surface area contributed by atoms with Crippen LogP contribution in [0.25, 0.3) is 11.6 Å². The first-order chi connectivity index (χ1) is 12.8. The van der Waals surface area contributed by atoms with Crippen molar-refractivity contribution in [3.63, 3.8) is 0 Å². The van der Waals surface area contributed by atoms with Gasteiger partial charge in [-0.1, -0.05) is 0 Å². The second-order valence-electron chi connectivity index (χ2n) is 5.52. The number of carbonyl (C=O) groups is 2. The van der Waals surface area contributed by atoms with Gasteiger partial charge < -0.3 is 14.9 Å². The highest BCUT2D eigenvalue weighted by Crippen LogP contribution is 2.39. The van der Waals surface area contributed by atoms with Crippen LogP contribution >= 0.6 is 23.6 Å². The van der Waals surface area contributed by atoms with Gasteiger partial charge in [-0.2, -0.15) is 0 Å². The lowest BCUT2D eigenvalue weighted by Gasteiger charge is -2.05. The Labute approximate surface area is 161 Å². The summed E-state index contributed by atoms with van der Waals surface area (Å²) in [5, 5.41) is 19.2. The van der Waals surface area contributed by atoms with Crippen molar-refractivity contribution in [2.75, 3.05) is 7.11 Å². The van der Waals surface area contributed by atoms with Crippen LogP contribution in [0, 0.1) is 9.77 Å². The van der Waals surface area contributed by atoms with Crippen molar-refractivity contribution < 1.29 is 28.9 Å². The first-order valence-corrected chi connectivity index (χ1v) is 8.87. The highest BCUT2D eigenvalue weighted by Gasteiger charge is 2.28. The van der Waals surface area contributed by atoms with Gasteiger partial charge in [0, 0.05) is 17.7 Å². The van der Waals surface area contributed by atoms with Gasteiger partial charge >= 0.3 is 11.9 Å². The number of halogens is 1. The number of carboxylic acids is 1. The van der Waals surface area contributed by atoms with Crippen LogP contribution in [0.2, 0.25) is 0 Å². The van der Waals surface area contributed by atoms with Crippen LogP contribution < -0.4 is 0 Å². The number of thiazole rings is 1. The van der Waals surface area contributed by atoms with E-state index in [-0.39, 0.29) is 34.1 Å². The molecule has 0 aliphatic carbocycles. The fourth-order valence-electron chi connectivity index (χ4n) is 2.57. The SMILES string of the molecule is COC(=O)C1=Nc2ccc(F)cc2/C1=C\c1sc(=S)n(CCC(=O)O)c1O. The number of hydrogen-bond acceptors (Lipinski definition) is 7. The zero-order chi connectivity index (χ0) is 19.7. The second kappa shape index (κ2) is 7.41. The van der Waals surface area contributed by atoms with E-state index < -0.39 is 17.8 Å². The Balaban J connectivity index is 2.10. The van der Waals surface area contributed by atoms with Crippen molar-refractivity contribution in [2.45, 2.75) is 13.0 Å². The number of carboxylic acid groups (broad SMARTS) is 1. The molecule has 1 aromatic heterocycles. The monoisotopic (exact) mass is 408 g/mol. The number of ether oxygens (including phenoxy) is 1. The Morgan fingerprint density at radius 1 is 1.44 bits per heavy atom. The molecule has 0 saturated carbocycles. The number of aromatic hydroxyl groups is 1. The molecule has 0 bridgehead atoms. The summed E-state index contributed by atoms with van der Waals surface area (Å²) < 4.78 is 20.0. The molecule has 2 heterocycles. The summed E-state index contributed by atoms with van der Waals surface area (Å²) in [4.78, 5) is 27.3. The van der Waals surface area contributed by atoms with E-state index in [9.17, 15) is 19.1 Å². The average molecular weight is 408 g/mol. The predicted octanol–water partition coefficient (Wildman–Crippen LogP) is 3.40. The fraction of sp³-hybridized carbons (Fsp3) is 0.176. The molecule has 1 aliphatic heterocycles. The van der Waals surface area contributed by atoms with Gasteiger partial charge in [-0.15, -0.1) is 11.3 Å². The molecular formula is C17H13FN2O5S2. The number of methoxy groups -OCH3 is 1. The molecule has 0 atom stereocenters. The van der Waals surface area contributed by atoms with Crippen LogP contribution in [-0.2, 0) is 20.9 Å². The lowest BCUT2D eigenvalue weighted by molar-refractivity contribution is -0.137. The summed E-state index contributed by atoms with van der Waals surface area (Å²) in [6, 6.07) is 3.90. The average Bonchev–Trinajstić information content (AvgIpc) is 3.10. The van der Waals surface area contributed by atoms with Crippen LogP contribution in [-0.4, -0.2) is 39.5 Å². The molecule has 0 amide bonds. The highest BCUT2D eigenvalue weighted by atomic mass is 32.1. The van der Waals surface area contributed by atoms with Crippen molar-refractivity contribution in [3.05, 3.63) is 38.4 Å². The predicted molar refractivity (Wildman–Crippen MR) is 100 cm³/mol. The number of carbonyl (C=O) groups excluding carboxylic acids is 1. The number of aliphatic carboxylic acids is 1. The van der Waals surface area contributed by atoms with Crippen LogP contribution in [0.5, 0.6) is 5.88 Å². The van der Waals surface area contributed by atoms with Crippen molar-refractivity contribution in [3.8, 4) is 5.88 Å². The molecule has 27 heavy (non-hydrogen) atoms. The molecule has 7 nitrogen and oxygen atoms in total. The number of esters is 1. The summed E-state index contributed by atoms with van der Waals surface area (Å²) >= 11 is 6.21. The number of aliphatic imine (C=N–C) groups is 1. The van der Waals surface area contributed by atoms with Crippen LogP contribution in [0.4, 0.5) is 10.1 Å². The number of nitrogens with zero attached hydrogens (tertiary/aromatic N) is 2. The largest absolute Gasteiger partial charge is 0.493 e. The van der Waals surface area contributed by atoms with Gasteiger partial charge in [0.2, 0.25) is 5.88 Å². The zero-order valence-corrected chi connectivity index (χ0v) is 15.6. The summed E-state index contributed by atoms with van der Waals surface area (Å²) in [5.41, 5.74) is 1.05. The van der Waals surface area contributed by atoms with Gasteiger partial charge in [-0.05, 0) is 36.5 Å². The topological polar surface area (TPSA) is 101 Å². The summed E-state index contributed by atoms with van der Waals surface area (Å²) in [6.45, 7) is 0.00281. The standard InChI is InChI=1S/C17H13FN2O5S2/c1-25-16(24)14-10(9-6-8(18)2-3-11(9)19-14)7-12-15(23)20(17(26)27-12)5-4-13(21)22/h2-3,6-7,23H,4-5H2,1H3,(H,21,22)/b10-7+. The minimum absolute atomic E-state index is 0.00281. The molecule has 3 rings (SSSR count). The number of aromatic nitrogens is 1. The zero-order valence-electron chi connectivity index (χ0n) is 13.9. The first-order valence-electron chi connectivity index (χ1n) is 7.65. The van der Waals surface area contributed by atoms with Gasteiger partial charge in [0.15, 0.2) is 9.67 Å².